The molecule has 1 heterocycles. The summed E-state index contributed by atoms with van der Waals surface area (Å²) in [5.41, 5.74) is 7.31. The van der Waals surface area contributed by atoms with Crippen molar-refractivity contribution < 1.29 is 9.59 Å². The SMILES string of the molecule is CCCN(CC(=O)Nc1c(-c2ccccc2)c(C)nn1-c1ccc(C)cc1)C(=O)Nc1c(C)cccc1C. The molecule has 4 rings (SSSR count). The number of amides is 3. The van der Waals surface area contributed by atoms with Crippen LogP contribution in [0, 0.1) is 27.7 Å². The Morgan fingerprint density at radius 3 is 2.13 bits per heavy atom. The van der Waals surface area contributed by atoms with Crippen LogP contribution in [-0.2, 0) is 4.79 Å². The first-order valence-corrected chi connectivity index (χ1v) is 12.9. The number of rotatable bonds is 8. The Kier molecular flexibility index (Phi) is 8.26. The molecule has 196 valence electrons. The standard InChI is InChI=1S/C31H35N5O2/c1-6-19-35(31(38)33-29-22(3)11-10-12-23(29)4)20-27(37)32-30-28(25-13-8-7-9-14-25)24(5)34-36(30)26-17-15-21(2)16-18-26/h7-18H,6,19-20H2,1-5H3,(H,32,37)(H,33,38). The molecule has 0 aliphatic carbocycles. The van der Waals surface area contributed by atoms with E-state index in [-0.39, 0.29) is 18.5 Å². The topological polar surface area (TPSA) is 79.3 Å². The van der Waals surface area contributed by atoms with Gasteiger partial charge in [0.15, 0.2) is 0 Å². The Balaban J connectivity index is 1.63. The fourth-order valence-corrected chi connectivity index (χ4v) is 4.53. The van der Waals surface area contributed by atoms with Gasteiger partial charge in [-0.1, -0.05) is 73.2 Å². The summed E-state index contributed by atoms with van der Waals surface area (Å²) in [6.45, 7) is 10.2. The highest BCUT2D eigenvalue weighted by Gasteiger charge is 2.23. The third-order valence-corrected chi connectivity index (χ3v) is 6.49. The van der Waals surface area contributed by atoms with Crippen LogP contribution in [0.4, 0.5) is 16.3 Å². The molecule has 0 saturated heterocycles. The molecule has 0 saturated carbocycles. The Morgan fingerprint density at radius 2 is 1.50 bits per heavy atom. The lowest BCUT2D eigenvalue weighted by Gasteiger charge is -2.23. The van der Waals surface area contributed by atoms with E-state index in [2.05, 4.69) is 10.6 Å². The maximum Gasteiger partial charge on any atom is 0.322 e. The van der Waals surface area contributed by atoms with Crippen molar-refractivity contribution in [3.8, 4) is 16.8 Å². The lowest BCUT2D eigenvalue weighted by molar-refractivity contribution is -0.116. The van der Waals surface area contributed by atoms with Crippen LogP contribution in [0.3, 0.4) is 0 Å². The summed E-state index contributed by atoms with van der Waals surface area (Å²) in [5, 5.41) is 10.9. The highest BCUT2D eigenvalue weighted by atomic mass is 16.2. The Labute approximate surface area is 224 Å². The van der Waals surface area contributed by atoms with Gasteiger partial charge >= 0.3 is 6.03 Å². The molecule has 0 aliphatic rings. The van der Waals surface area contributed by atoms with E-state index in [0.717, 1.165) is 51.3 Å². The molecule has 2 N–H and O–H groups in total. The van der Waals surface area contributed by atoms with Crippen LogP contribution in [0.25, 0.3) is 16.8 Å². The van der Waals surface area contributed by atoms with E-state index in [4.69, 9.17) is 5.10 Å². The van der Waals surface area contributed by atoms with Gasteiger partial charge in [0, 0.05) is 17.8 Å². The van der Waals surface area contributed by atoms with Gasteiger partial charge in [-0.05, 0) is 62.9 Å². The number of aromatic nitrogens is 2. The van der Waals surface area contributed by atoms with Gasteiger partial charge in [-0.3, -0.25) is 4.79 Å². The predicted molar refractivity (Wildman–Crippen MR) is 154 cm³/mol. The normalized spacial score (nSPS) is 10.8. The van der Waals surface area contributed by atoms with Gasteiger partial charge in [-0.2, -0.15) is 5.10 Å². The van der Waals surface area contributed by atoms with Gasteiger partial charge in [0.25, 0.3) is 0 Å². The van der Waals surface area contributed by atoms with Crippen LogP contribution in [0.15, 0.2) is 72.8 Å². The molecule has 0 unspecified atom stereocenters. The lowest BCUT2D eigenvalue weighted by atomic mass is 10.1. The summed E-state index contributed by atoms with van der Waals surface area (Å²) < 4.78 is 1.76. The Bertz CT molecular complexity index is 1400. The monoisotopic (exact) mass is 509 g/mol. The number of hydrogen-bond acceptors (Lipinski definition) is 3. The van der Waals surface area contributed by atoms with Crippen LogP contribution < -0.4 is 10.6 Å². The molecule has 3 amide bonds. The minimum atomic E-state index is -0.300. The number of hydrogen-bond donors (Lipinski definition) is 2. The lowest BCUT2D eigenvalue weighted by Crippen LogP contribution is -2.41. The van der Waals surface area contributed by atoms with Crippen LogP contribution in [0.5, 0.6) is 0 Å². The number of nitrogens with one attached hydrogen (secondary N) is 2. The summed E-state index contributed by atoms with van der Waals surface area (Å²) in [4.78, 5) is 28.2. The second-order valence-corrected chi connectivity index (χ2v) is 9.59. The maximum absolute atomic E-state index is 13.4. The van der Waals surface area contributed by atoms with Crippen molar-refractivity contribution >= 4 is 23.4 Å². The molecule has 0 aliphatic heterocycles. The first kappa shape index (κ1) is 26.7. The molecule has 7 heteroatoms. The summed E-state index contributed by atoms with van der Waals surface area (Å²) in [7, 11) is 0. The van der Waals surface area contributed by atoms with Crippen molar-refractivity contribution in [1.82, 2.24) is 14.7 Å². The summed E-state index contributed by atoms with van der Waals surface area (Å²) in [5.74, 6) is 0.287. The first-order chi connectivity index (χ1) is 18.3. The van der Waals surface area contributed by atoms with Crippen molar-refractivity contribution in [1.29, 1.82) is 0 Å². The van der Waals surface area contributed by atoms with Gasteiger partial charge < -0.3 is 15.5 Å². The van der Waals surface area contributed by atoms with Gasteiger partial charge in [0.05, 0.1) is 11.4 Å². The fourth-order valence-electron chi connectivity index (χ4n) is 4.53. The van der Waals surface area contributed by atoms with E-state index in [0.29, 0.717) is 12.4 Å². The van der Waals surface area contributed by atoms with E-state index in [9.17, 15) is 9.59 Å². The third kappa shape index (κ3) is 5.94. The molecule has 7 nitrogen and oxygen atoms in total. The number of aryl methyl sites for hydroxylation is 4. The molecule has 4 aromatic rings. The molecule has 3 aromatic carbocycles. The molecule has 38 heavy (non-hydrogen) atoms. The van der Waals surface area contributed by atoms with Crippen molar-refractivity contribution in [3.63, 3.8) is 0 Å². The van der Waals surface area contributed by atoms with Crippen molar-refractivity contribution in [2.75, 3.05) is 23.7 Å². The first-order valence-electron chi connectivity index (χ1n) is 12.9. The maximum atomic E-state index is 13.4. The van der Waals surface area contributed by atoms with Crippen molar-refractivity contribution in [2.45, 2.75) is 41.0 Å². The van der Waals surface area contributed by atoms with Crippen molar-refractivity contribution in [2.24, 2.45) is 0 Å². The van der Waals surface area contributed by atoms with Gasteiger partial charge in [0.1, 0.15) is 12.4 Å². The highest BCUT2D eigenvalue weighted by molar-refractivity contribution is 5.99. The van der Waals surface area contributed by atoms with Gasteiger partial charge in [0.2, 0.25) is 5.91 Å². The average Bonchev–Trinajstić information content (AvgIpc) is 3.22. The van der Waals surface area contributed by atoms with Gasteiger partial charge in [-0.25, -0.2) is 9.48 Å². The second-order valence-electron chi connectivity index (χ2n) is 9.59. The van der Waals surface area contributed by atoms with E-state index >= 15 is 0 Å². The summed E-state index contributed by atoms with van der Waals surface area (Å²) >= 11 is 0. The summed E-state index contributed by atoms with van der Waals surface area (Å²) in [6.07, 6.45) is 0.725. The van der Waals surface area contributed by atoms with E-state index < -0.39 is 0 Å². The molecule has 0 atom stereocenters. The number of para-hydroxylation sites is 1. The van der Waals surface area contributed by atoms with Crippen molar-refractivity contribution in [3.05, 3.63) is 95.2 Å². The van der Waals surface area contributed by atoms with E-state index in [1.165, 1.54) is 0 Å². The molecule has 0 radical (unpaired) electrons. The number of urea groups is 1. The zero-order chi connectivity index (χ0) is 27.2. The number of nitrogens with zero attached hydrogens (tertiary/aromatic N) is 3. The zero-order valence-electron chi connectivity index (χ0n) is 22.7. The van der Waals surface area contributed by atoms with E-state index in [1.807, 2.05) is 107 Å². The van der Waals surface area contributed by atoms with Crippen LogP contribution in [0.2, 0.25) is 0 Å². The van der Waals surface area contributed by atoms with Crippen LogP contribution >= 0.6 is 0 Å². The number of benzene rings is 3. The number of carbonyl (C=O) groups is 2. The highest BCUT2D eigenvalue weighted by Crippen LogP contribution is 2.33. The molecule has 1 aromatic heterocycles. The minimum Gasteiger partial charge on any atom is -0.315 e. The minimum absolute atomic E-state index is 0.0864. The predicted octanol–water partition coefficient (Wildman–Crippen LogP) is 6.66. The van der Waals surface area contributed by atoms with E-state index in [1.54, 1.807) is 9.58 Å². The Morgan fingerprint density at radius 1 is 0.842 bits per heavy atom. The zero-order valence-corrected chi connectivity index (χ0v) is 22.7. The molecule has 0 bridgehead atoms. The summed E-state index contributed by atoms with van der Waals surface area (Å²) in [6, 6.07) is 23.4. The molecule has 0 fully saturated rings. The quantitative estimate of drug-likeness (QED) is 0.279. The average molecular weight is 510 g/mol. The molecular weight excluding hydrogens is 474 g/mol. The smallest absolute Gasteiger partial charge is 0.315 e. The number of carbonyl (C=O) groups excluding carboxylic acids is 2. The van der Waals surface area contributed by atoms with Crippen LogP contribution in [0.1, 0.15) is 35.7 Å². The third-order valence-electron chi connectivity index (χ3n) is 6.49. The van der Waals surface area contributed by atoms with Gasteiger partial charge in [-0.15, -0.1) is 0 Å². The molecular formula is C31H35N5O2. The Hall–Kier alpha value is -4.39. The largest absolute Gasteiger partial charge is 0.322 e. The number of anilines is 2. The fraction of sp³-hybridized carbons (Fsp3) is 0.258. The van der Waals surface area contributed by atoms with Crippen LogP contribution in [-0.4, -0.2) is 39.7 Å². The second kappa shape index (κ2) is 11.8. The molecule has 0 spiro atoms.